The Morgan fingerprint density at radius 2 is 1.74 bits per heavy atom. The molecular weight excluding hydrogens is 355 g/mol. The summed E-state index contributed by atoms with van der Waals surface area (Å²) >= 11 is 2.06. The van der Waals surface area contributed by atoms with Crippen LogP contribution in [0.15, 0.2) is 4.79 Å². The number of ether oxygens (including phenoxy) is 1. The van der Waals surface area contributed by atoms with Crippen LogP contribution in [-0.4, -0.2) is 17.1 Å². The van der Waals surface area contributed by atoms with Crippen molar-refractivity contribution in [2.45, 2.75) is 53.1 Å². The van der Waals surface area contributed by atoms with Gasteiger partial charge < -0.3 is 9.72 Å². The monoisotopic (exact) mass is 378 g/mol. The Balaban J connectivity index is 3.48. The van der Waals surface area contributed by atoms with Gasteiger partial charge in [0.25, 0.3) is 5.56 Å². The van der Waals surface area contributed by atoms with E-state index in [4.69, 9.17) is 4.74 Å². The Bertz CT molecular complexity index is 510. The Labute approximate surface area is 128 Å². The predicted octanol–water partition coefficient (Wildman–Crippen LogP) is 3.41. The Kier molecular flexibility index (Phi) is 4.83. The molecule has 0 radical (unpaired) electrons. The minimum absolute atomic E-state index is 0.0955. The van der Waals surface area contributed by atoms with Crippen LogP contribution in [0.5, 0.6) is 0 Å². The van der Waals surface area contributed by atoms with Crippen molar-refractivity contribution in [2.75, 3.05) is 7.11 Å². The lowest BCUT2D eigenvalue weighted by Crippen LogP contribution is -2.30. The first-order valence-electron chi connectivity index (χ1n) is 6.31. The molecule has 0 saturated heterocycles. The van der Waals surface area contributed by atoms with Gasteiger partial charge in [-0.25, -0.2) is 4.98 Å². The molecule has 0 saturated carbocycles. The van der Waals surface area contributed by atoms with Crippen molar-refractivity contribution in [3.05, 3.63) is 25.4 Å². The minimum Gasteiger partial charge on any atom is -0.373 e. The molecule has 19 heavy (non-hydrogen) atoms. The standard InChI is InChI=1S/C14H23IN2O2/c1-13(2,3)9-8(15)12(18)17-11(16-9)10(19-7)14(4,5)6/h10H,1-7H3,(H,16,17,18). The second kappa shape index (κ2) is 5.52. The maximum atomic E-state index is 12.1. The molecule has 0 spiro atoms. The van der Waals surface area contributed by atoms with E-state index in [9.17, 15) is 4.79 Å². The number of nitrogens with one attached hydrogen (secondary N) is 1. The van der Waals surface area contributed by atoms with E-state index < -0.39 is 0 Å². The van der Waals surface area contributed by atoms with Gasteiger partial charge in [-0.3, -0.25) is 4.79 Å². The first-order valence-corrected chi connectivity index (χ1v) is 7.39. The smallest absolute Gasteiger partial charge is 0.264 e. The van der Waals surface area contributed by atoms with Gasteiger partial charge in [0, 0.05) is 12.5 Å². The highest BCUT2D eigenvalue weighted by Gasteiger charge is 2.31. The Morgan fingerprint density at radius 3 is 2.11 bits per heavy atom. The number of methoxy groups -OCH3 is 1. The van der Waals surface area contributed by atoms with Crippen LogP contribution in [0.3, 0.4) is 0 Å². The average Bonchev–Trinajstić information content (AvgIpc) is 2.20. The summed E-state index contributed by atoms with van der Waals surface area (Å²) in [7, 11) is 1.64. The van der Waals surface area contributed by atoms with Gasteiger partial charge in [-0.15, -0.1) is 0 Å². The zero-order valence-corrected chi connectivity index (χ0v) is 14.9. The first-order chi connectivity index (χ1) is 8.48. The van der Waals surface area contributed by atoms with Crippen LogP contribution in [0, 0.1) is 8.99 Å². The molecule has 1 N–H and O–H groups in total. The molecular formula is C14H23IN2O2. The molecule has 0 bridgehead atoms. The molecule has 1 aromatic heterocycles. The normalized spacial score (nSPS) is 14.5. The van der Waals surface area contributed by atoms with Crippen LogP contribution in [0.4, 0.5) is 0 Å². The van der Waals surface area contributed by atoms with Gasteiger partial charge >= 0.3 is 0 Å². The summed E-state index contributed by atoms with van der Waals surface area (Å²) in [5, 5.41) is 0. The number of hydrogen-bond donors (Lipinski definition) is 1. The third-order valence-electron chi connectivity index (χ3n) is 2.86. The minimum atomic E-state index is -0.238. The quantitative estimate of drug-likeness (QED) is 0.803. The summed E-state index contributed by atoms with van der Waals surface area (Å²) < 4.78 is 6.18. The van der Waals surface area contributed by atoms with Gasteiger partial charge in [-0.1, -0.05) is 41.5 Å². The van der Waals surface area contributed by atoms with E-state index in [1.54, 1.807) is 7.11 Å². The van der Waals surface area contributed by atoms with E-state index in [0.29, 0.717) is 9.39 Å². The molecule has 0 aliphatic carbocycles. The number of hydrogen-bond acceptors (Lipinski definition) is 3. The van der Waals surface area contributed by atoms with Gasteiger partial charge in [0.2, 0.25) is 0 Å². The van der Waals surface area contributed by atoms with E-state index in [1.807, 2.05) is 0 Å². The molecule has 108 valence electrons. The number of rotatable bonds is 2. The Hall–Kier alpha value is -0.430. The van der Waals surface area contributed by atoms with Crippen LogP contribution in [-0.2, 0) is 10.2 Å². The highest BCUT2D eigenvalue weighted by molar-refractivity contribution is 14.1. The summed E-state index contributed by atoms with van der Waals surface area (Å²) in [5.74, 6) is 0.602. The zero-order chi connectivity index (χ0) is 15.0. The number of aromatic amines is 1. The molecule has 0 amide bonds. The summed E-state index contributed by atoms with van der Waals surface area (Å²) in [6.45, 7) is 12.4. The maximum absolute atomic E-state index is 12.1. The second-order valence-electron chi connectivity index (χ2n) is 6.85. The van der Waals surface area contributed by atoms with Crippen molar-refractivity contribution in [1.82, 2.24) is 9.97 Å². The molecule has 0 aromatic carbocycles. The molecule has 0 aliphatic heterocycles. The van der Waals surface area contributed by atoms with Crippen LogP contribution in [0.2, 0.25) is 0 Å². The molecule has 0 fully saturated rings. The van der Waals surface area contributed by atoms with Crippen LogP contribution in [0.25, 0.3) is 0 Å². The van der Waals surface area contributed by atoms with Gasteiger partial charge in [0.15, 0.2) is 0 Å². The van der Waals surface area contributed by atoms with Gasteiger partial charge in [0.1, 0.15) is 15.5 Å². The lowest BCUT2D eigenvalue weighted by Gasteiger charge is -2.29. The number of nitrogens with zero attached hydrogens (tertiary/aromatic N) is 1. The van der Waals surface area contributed by atoms with Crippen molar-refractivity contribution in [1.29, 1.82) is 0 Å². The summed E-state index contributed by atoms with van der Waals surface area (Å²) in [5.41, 5.74) is 0.419. The molecule has 0 aliphatic rings. The van der Waals surface area contributed by atoms with E-state index in [-0.39, 0.29) is 22.5 Å². The van der Waals surface area contributed by atoms with Crippen molar-refractivity contribution < 1.29 is 4.74 Å². The van der Waals surface area contributed by atoms with Crippen molar-refractivity contribution >= 4 is 22.6 Å². The first kappa shape index (κ1) is 16.6. The summed E-state index contributed by atoms with van der Waals surface area (Å²) in [4.78, 5) is 19.6. The fraction of sp³-hybridized carbons (Fsp3) is 0.714. The van der Waals surface area contributed by atoms with E-state index in [0.717, 1.165) is 5.69 Å². The lowest BCUT2D eigenvalue weighted by molar-refractivity contribution is 0.00815. The highest BCUT2D eigenvalue weighted by Crippen LogP contribution is 2.34. The molecule has 5 heteroatoms. The molecule has 1 unspecified atom stereocenters. The SMILES string of the molecule is COC(c1nc(C(C)(C)C)c(I)c(=O)[nH]1)C(C)(C)C. The third-order valence-corrected chi connectivity index (χ3v) is 3.86. The zero-order valence-electron chi connectivity index (χ0n) is 12.7. The number of aromatic nitrogens is 2. The van der Waals surface area contributed by atoms with E-state index >= 15 is 0 Å². The fourth-order valence-corrected chi connectivity index (χ4v) is 3.04. The number of H-pyrrole nitrogens is 1. The largest absolute Gasteiger partial charge is 0.373 e. The third kappa shape index (κ3) is 3.78. The molecule has 4 nitrogen and oxygen atoms in total. The van der Waals surface area contributed by atoms with Gasteiger partial charge in [-0.2, -0.15) is 0 Å². The van der Waals surface area contributed by atoms with E-state index in [2.05, 4.69) is 74.1 Å². The van der Waals surface area contributed by atoms with Crippen molar-refractivity contribution in [3.8, 4) is 0 Å². The number of halogens is 1. The van der Waals surface area contributed by atoms with Crippen molar-refractivity contribution in [2.24, 2.45) is 5.41 Å². The molecule has 1 aromatic rings. The van der Waals surface area contributed by atoms with E-state index in [1.165, 1.54) is 0 Å². The van der Waals surface area contributed by atoms with Gasteiger partial charge in [0.05, 0.1) is 5.69 Å². The molecule has 1 heterocycles. The molecule has 1 rings (SSSR count). The second-order valence-corrected chi connectivity index (χ2v) is 7.92. The van der Waals surface area contributed by atoms with Crippen molar-refractivity contribution in [3.63, 3.8) is 0 Å². The molecule has 1 atom stereocenters. The van der Waals surface area contributed by atoms with Crippen LogP contribution >= 0.6 is 22.6 Å². The average molecular weight is 378 g/mol. The topological polar surface area (TPSA) is 55.0 Å². The van der Waals surface area contributed by atoms with Gasteiger partial charge in [-0.05, 0) is 28.0 Å². The summed E-state index contributed by atoms with van der Waals surface area (Å²) in [6, 6.07) is 0. The summed E-state index contributed by atoms with van der Waals surface area (Å²) in [6.07, 6.45) is -0.238. The van der Waals surface area contributed by atoms with Crippen LogP contribution < -0.4 is 5.56 Å². The Morgan fingerprint density at radius 1 is 1.21 bits per heavy atom. The van der Waals surface area contributed by atoms with Crippen LogP contribution in [0.1, 0.15) is 59.2 Å². The lowest BCUT2D eigenvalue weighted by atomic mass is 9.87. The fourth-order valence-electron chi connectivity index (χ4n) is 1.97. The maximum Gasteiger partial charge on any atom is 0.264 e. The predicted molar refractivity (Wildman–Crippen MR) is 85.5 cm³/mol. The highest BCUT2D eigenvalue weighted by atomic mass is 127.